The van der Waals surface area contributed by atoms with E-state index in [0.717, 1.165) is 0 Å². The van der Waals surface area contributed by atoms with Crippen molar-refractivity contribution in [1.82, 2.24) is 12.3 Å². The van der Waals surface area contributed by atoms with E-state index in [1.165, 1.54) is 5.56 Å². The van der Waals surface area contributed by atoms with E-state index >= 15 is 0 Å². The van der Waals surface area contributed by atoms with Crippen molar-refractivity contribution < 1.29 is 17.5 Å². The molecule has 1 rings (SSSR count). The Balaban J connectivity index is -0.000000159. The molecule has 0 bridgehead atoms. The van der Waals surface area contributed by atoms with Crippen LogP contribution in [0.1, 0.15) is 5.56 Å². The monoisotopic (exact) mass is 224 g/mol. The van der Waals surface area contributed by atoms with E-state index in [2.05, 4.69) is 19.1 Å². The molecular formula is C7H16N2O4S. The van der Waals surface area contributed by atoms with Crippen LogP contribution in [0.15, 0.2) is 30.3 Å². The maximum atomic E-state index is 8.74. The normalized spacial score (nSPS) is 8.50. The molecule has 0 aliphatic carbocycles. The van der Waals surface area contributed by atoms with Crippen LogP contribution in [-0.2, 0) is 10.4 Å². The molecule has 0 aromatic heterocycles. The largest absolute Gasteiger partial charge is 0.394 e. The third-order valence-corrected chi connectivity index (χ3v) is 0.940. The molecule has 1 aromatic carbocycles. The lowest BCUT2D eigenvalue weighted by atomic mass is 10.2. The number of hydrogen-bond acceptors (Lipinski definition) is 4. The summed E-state index contributed by atoms with van der Waals surface area (Å²) in [6.45, 7) is 2.08. The molecule has 0 saturated heterocycles. The van der Waals surface area contributed by atoms with Crippen LogP contribution in [0.25, 0.3) is 0 Å². The summed E-state index contributed by atoms with van der Waals surface area (Å²) in [7, 11) is -4.67. The van der Waals surface area contributed by atoms with Gasteiger partial charge in [0.15, 0.2) is 0 Å². The van der Waals surface area contributed by atoms with Crippen LogP contribution in [0.2, 0.25) is 0 Å². The zero-order valence-electron chi connectivity index (χ0n) is 7.92. The molecule has 84 valence electrons. The molecule has 0 heterocycles. The van der Waals surface area contributed by atoms with E-state index in [9.17, 15) is 0 Å². The first-order chi connectivity index (χ1) is 5.39. The smallest absolute Gasteiger partial charge is 0.344 e. The van der Waals surface area contributed by atoms with Crippen LogP contribution in [0, 0.1) is 6.92 Å². The Morgan fingerprint density at radius 2 is 1.29 bits per heavy atom. The van der Waals surface area contributed by atoms with Crippen molar-refractivity contribution in [3.05, 3.63) is 35.9 Å². The Labute approximate surface area is 83.7 Å². The first kappa shape index (κ1) is 18.7. The molecular weight excluding hydrogens is 208 g/mol. The van der Waals surface area contributed by atoms with Gasteiger partial charge in [0.05, 0.1) is 0 Å². The Hall–Kier alpha value is -0.990. The molecule has 0 unspecified atom stereocenters. The molecule has 1 aromatic rings. The summed E-state index contributed by atoms with van der Waals surface area (Å²) < 4.78 is 31.6. The summed E-state index contributed by atoms with van der Waals surface area (Å²) in [5.41, 5.74) is 1.32. The van der Waals surface area contributed by atoms with E-state index in [1.807, 2.05) is 18.2 Å². The van der Waals surface area contributed by atoms with Gasteiger partial charge in [-0.25, -0.2) is 0 Å². The van der Waals surface area contributed by atoms with Crippen molar-refractivity contribution >= 4 is 10.4 Å². The second kappa shape index (κ2) is 8.60. The Bertz CT molecular complexity index is 304. The second-order valence-electron chi connectivity index (χ2n) is 2.10. The Morgan fingerprint density at radius 1 is 1.00 bits per heavy atom. The van der Waals surface area contributed by atoms with E-state index in [-0.39, 0.29) is 12.3 Å². The van der Waals surface area contributed by atoms with Gasteiger partial charge in [0, 0.05) is 0 Å². The lowest BCUT2D eigenvalue weighted by Crippen LogP contribution is -1.89. The number of benzene rings is 1. The number of hydrogen-bond donors (Lipinski definition) is 4. The minimum Gasteiger partial charge on any atom is -0.344 e. The minimum atomic E-state index is -4.67. The highest BCUT2D eigenvalue weighted by molar-refractivity contribution is 7.79. The van der Waals surface area contributed by atoms with Gasteiger partial charge in [-0.15, -0.1) is 0 Å². The first-order valence-electron chi connectivity index (χ1n) is 3.11. The molecule has 14 heavy (non-hydrogen) atoms. The van der Waals surface area contributed by atoms with Gasteiger partial charge >= 0.3 is 10.4 Å². The summed E-state index contributed by atoms with van der Waals surface area (Å²) in [6.07, 6.45) is 0. The van der Waals surface area contributed by atoms with E-state index < -0.39 is 10.4 Å². The highest BCUT2D eigenvalue weighted by atomic mass is 32.3. The van der Waals surface area contributed by atoms with Crippen LogP contribution < -0.4 is 12.3 Å². The molecule has 0 spiro atoms. The summed E-state index contributed by atoms with van der Waals surface area (Å²) in [5.74, 6) is 0. The molecule has 0 atom stereocenters. The molecule has 7 heteroatoms. The van der Waals surface area contributed by atoms with Crippen LogP contribution in [-0.4, -0.2) is 17.5 Å². The molecule has 0 aliphatic heterocycles. The molecule has 0 radical (unpaired) electrons. The summed E-state index contributed by atoms with van der Waals surface area (Å²) in [5, 5.41) is 0. The van der Waals surface area contributed by atoms with Crippen molar-refractivity contribution in [3.8, 4) is 0 Å². The highest BCUT2D eigenvalue weighted by Crippen LogP contribution is 1.92. The van der Waals surface area contributed by atoms with Crippen LogP contribution >= 0.6 is 0 Å². The molecule has 0 saturated carbocycles. The Kier molecular flexibility index (Phi) is 11.5. The predicted molar refractivity (Wildman–Crippen MR) is 55.4 cm³/mol. The minimum absolute atomic E-state index is 0. The van der Waals surface area contributed by atoms with Crippen molar-refractivity contribution in [2.75, 3.05) is 0 Å². The standard InChI is InChI=1S/C7H8.2H3N.H2O4S/c1-7-5-3-2-4-6-7;;;1-5(2,3)4/h2-6H,1H3;2*1H3;(H2,1,2,3,4). The fourth-order valence-corrected chi connectivity index (χ4v) is 0.534. The third-order valence-electron chi connectivity index (χ3n) is 0.940. The van der Waals surface area contributed by atoms with E-state index in [0.29, 0.717) is 0 Å². The lowest BCUT2D eigenvalue weighted by Gasteiger charge is -1.82. The van der Waals surface area contributed by atoms with Crippen molar-refractivity contribution in [2.24, 2.45) is 0 Å². The van der Waals surface area contributed by atoms with Gasteiger partial charge in [-0.2, -0.15) is 8.42 Å². The van der Waals surface area contributed by atoms with Gasteiger partial charge in [-0.05, 0) is 6.92 Å². The fourth-order valence-electron chi connectivity index (χ4n) is 0.534. The molecule has 0 fully saturated rings. The maximum absolute atomic E-state index is 8.74. The quantitative estimate of drug-likeness (QED) is 0.493. The lowest BCUT2D eigenvalue weighted by molar-refractivity contribution is 0.381. The summed E-state index contributed by atoms with van der Waals surface area (Å²) in [6, 6.07) is 10.3. The SMILES string of the molecule is Cc1ccccc1.N.N.O=S(=O)(O)O. The van der Waals surface area contributed by atoms with Gasteiger partial charge in [0.1, 0.15) is 0 Å². The predicted octanol–water partition coefficient (Wildman–Crippen LogP) is 1.67. The van der Waals surface area contributed by atoms with Crippen LogP contribution in [0.5, 0.6) is 0 Å². The van der Waals surface area contributed by atoms with Crippen molar-refractivity contribution in [2.45, 2.75) is 6.92 Å². The van der Waals surface area contributed by atoms with Crippen LogP contribution in [0.3, 0.4) is 0 Å². The summed E-state index contributed by atoms with van der Waals surface area (Å²) >= 11 is 0. The van der Waals surface area contributed by atoms with Crippen LogP contribution in [0.4, 0.5) is 0 Å². The average Bonchev–Trinajstić information content (AvgIpc) is 1.85. The maximum Gasteiger partial charge on any atom is 0.394 e. The fraction of sp³-hybridized carbons (Fsp3) is 0.143. The molecule has 0 aliphatic rings. The zero-order valence-corrected chi connectivity index (χ0v) is 8.74. The van der Waals surface area contributed by atoms with E-state index in [4.69, 9.17) is 17.5 Å². The summed E-state index contributed by atoms with van der Waals surface area (Å²) in [4.78, 5) is 0. The van der Waals surface area contributed by atoms with Gasteiger partial charge in [0.25, 0.3) is 0 Å². The number of aryl methyl sites for hydroxylation is 1. The molecule has 0 amide bonds. The zero-order chi connectivity index (χ0) is 9.61. The molecule has 8 N–H and O–H groups in total. The highest BCUT2D eigenvalue weighted by Gasteiger charge is 1.84. The average molecular weight is 224 g/mol. The van der Waals surface area contributed by atoms with Crippen molar-refractivity contribution in [3.63, 3.8) is 0 Å². The van der Waals surface area contributed by atoms with Gasteiger partial charge < -0.3 is 12.3 Å². The topological polar surface area (TPSA) is 145 Å². The number of rotatable bonds is 0. The van der Waals surface area contributed by atoms with Crippen molar-refractivity contribution in [1.29, 1.82) is 0 Å². The van der Waals surface area contributed by atoms with E-state index in [1.54, 1.807) is 0 Å². The Morgan fingerprint density at radius 3 is 1.43 bits per heavy atom. The second-order valence-corrected chi connectivity index (χ2v) is 3.00. The van der Waals surface area contributed by atoms with Gasteiger partial charge in [-0.3, -0.25) is 9.11 Å². The third kappa shape index (κ3) is 22.5. The molecule has 6 nitrogen and oxygen atoms in total. The first-order valence-corrected chi connectivity index (χ1v) is 4.51. The van der Waals surface area contributed by atoms with Gasteiger partial charge in [0.2, 0.25) is 0 Å². The van der Waals surface area contributed by atoms with Gasteiger partial charge in [-0.1, -0.05) is 35.9 Å².